The van der Waals surface area contributed by atoms with Crippen molar-refractivity contribution in [3.05, 3.63) is 53.6 Å². The van der Waals surface area contributed by atoms with Crippen LogP contribution in [0.1, 0.15) is 26.7 Å². The van der Waals surface area contributed by atoms with E-state index >= 15 is 0 Å². The molecular weight excluding hydrogens is 300 g/mol. The van der Waals surface area contributed by atoms with Gasteiger partial charge in [-0.2, -0.15) is 4.98 Å². The summed E-state index contributed by atoms with van der Waals surface area (Å²) in [4.78, 5) is 31.5. The number of nitrogens with zero attached hydrogens (tertiary/aromatic N) is 4. The number of hydrogen-bond acceptors (Lipinski definition) is 7. The second-order valence-corrected chi connectivity index (χ2v) is 4.64. The fourth-order valence-electron chi connectivity index (χ4n) is 1.92. The maximum Gasteiger partial charge on any atom is 0.383 e. The lowest BCUT2D eigenvalue weighted by Crippen LogP contribution is -2.11. The van der Waals surface area contributed by atoms with E-state index in [1.165, 1.54) is 35.9 Å². The first-order valence-electron chi connectivity index (χ1n) is 6.67. The van der Waals surface area contributed by atoms with Crippen molar-refractivity contribution in [1.29, 1.82) is 0 Å². The van der Waals surface area contributed by atoms with E-state index in [2.05, 4.69) is 19.8 Å². The van der Waals surface area contributed by atoms with Gasteiger partial charge in [0.1, 0.15) is 5.75 Å². The van der Waals surface area contributed by atoms with Gasteiger partial charge in [-0.05, 0) is 37.3 Å². The number of benzene rings is 1. The van der Waals surface area contributed by atoms with Crippen molar-refractivity contribution < 1.29 is 19.1 Å². The zero-order chi connectivity index (χ0) is 16.4. The lowest BCUT2D eigenvalue weighted by atomic mass is 10.2. The molecule has 23 heavy (non-hydrogen) atoms. The summed E-state index contributed by atoms with van der Waals surface area (Å²) < 4.78 is 11.2. The molecule has 3 aromatic rings. The highest BCUT2D eigenvalue weighted by Gasteiger charge is 2.17. The van der Waals surface area contributed by atoms with Gasteiger partial charge in [0.05, 0.1) is 12.7 Å². The first kappa shape index (κ1) is 14.6. The van der Waals surface area contributed by atoms with E-state index in [4.69, 9.17) is 4.74 Å². The predicted molar refractivity (Wildman–Crippen MR) is 78.3 cm³/mol. The SMILES string of the molecule is COC(=O)c1ccc(OC(=O)c2nc3nccc(C)n3n2)cc1. The number of fused-ring (bicyclic) bond motifs is 1. The fourth-order valence-corrected chi connectivity index (χ4v) is 1.92. The van der Waals surface area contributed by atoms with Crippen molar-refractivity contribution in [2.24, 2.45) is 0 Å². The monoisotopic (exact) mass is 312 g/mol. The Hall–Kier alpha value is -3.29. The molecule has 0 N–H and O–H groups in total. The highest BCUT2D eigenvalue weighted by Crippen LogP contribution is 2.14. The van der Waals surface area contributed by atoms with Gasteiger partial charge in [0, 0.05) is 11.9 Å². The maximum atomic E-state index is 12.1. The van der Waals surface area contributed by atoms with Crippen LogP contribution in [0, 0.1) is 6.92 Å². The molecule has 1 aromatic carbocycles. The Bertz CT molecular complexity index is 886. The van der Waals surface area contributed by atoms with Crippen molar-refractivity contribution in [3.63, 3.8) is 0 Å². The highest BCUT2D eigenvalue weighted by atomic mass is 16.5. The molecule has 0 saturated carbocycles. The normalized spacial score (nSPS) is 10.5. The molecule has 0 fully saturated rings. The molecule has 0 amide bonds. The van der Waals surface area contributed by atoms with E-state index in [1.807, 2.05) is 6.92 Å². The van der Waals surface area contributed by atoms with Crippen molar-refractivity contribution in [2.45, 2.75) is 6.92 Å². The second-order valence-electron chi connectivity index (χ2n) is 4.64. The number of rotatable bonds is 3. The van der Waals surface area contributed by atoms with E-state index in [0.717, 1.165) is 5.69 Å². The van der Waals surface area contributed by atoms with Crippen LogP contribution in [-0.4, -0.2) is 38.6 Å². The van der Waals surface area contributed by atoms with Crippen LogP contribution in [-0.2, 0) is 4.74 Å². The molecule has 8 nitrogen and oxygen atoms in total. The summed E-state index contributed by atoms with van der Waals surface area (Å²) in [6, 6.07) is 7.73. The minimum Gasteiger partial charge on any atom is -0.465 e. The van der Waals surface area contributed by atoms with Crippen LogP contribution >= 0.6 is 0 Å². The molecule has 116 valence electrons. The van der Waals surface area contributed by atoms with Gasteiger partial charge < -0.3 is 9.47 Å². The van der Waals surface area contributed by atoms with Gasteiger partial charge in [0.15, 0.2) is 0 Å². The van der Waals surface area contributed by atoms with Crippen molar-refractivity contribution in [2.75, 3.05) is 7.11 Å². The Labute approximate surface area is 130 Å². The predicted octanol–water partition coefficient (Wildman–Crippen LogP) is 1.44. The largest absolute Gasteiger partial charge is 0.465 e. The number of carbonyl (C=O) groups is 2. The first-order valence-corrected chi connectivity index (χ1v) is 6.67. The Kier molecular flexibility index (Phi) is 3.71. The van der Waals surface area contributed by atoms with E-state index in [-0.39, 0.29) is 11.6 Å². The van der Waals surface area contributed by atoms with Gasteiger partial charge in [-0.25, -0.2) is 19.1 Å². The van der Waals surface area contributed by atoms with Gasteiger partial charge in [-0.1, -0.05) is 0 Å². The Balaban J connectivity index is 1.80. The first-order chi connectivity index (χ1) is 11.1. The standard InChI is InChI=1S/C15H12N4O4/c1-9-7-8-16-15-17-12(18-19(9)15)14(21)23-11-5-3-10(4-6-11)13(20)22-2/h3-8H,1-2H3. The van der Waals surface area contributed by atoms with Gasteiger partial charge in [-0.3, -0.25) is 0 Å². The van der Waals surface area contributed by atoms with Gasteiger partial charge >= 0.3 is 11.9 Å². The molecule has 8 heteroatoms. The molecule has 0 saturated heterocycles. The summed E-state index contributed by atoms with van der Waals surface area (Å²) in [6.07, 6.45) is 1.58. The molecule has 0 aliphatic carbocycles. The number of esters is 2. The third kappa shape index (κ3) is 2.86. The lowest BCUT2D eigenvalue weighted by molar-refractivity contribution is 0.0600. The van der Waals surface area contributed by atoms with E-state index in [0.29, 0.717) is 11.3 Å². The number of methoxy groups -OCH3 is 1. The van der Waals surface area contributed by atoms with Crippen LogP contribution in [0.3, 0.4) is 0 Å². The number of carbonyl (C=O) groups excluding carboxylic acids is 2. The lowest BCUT2D eigenvalue weighted by Gasteiger charge is -2.03. The topological polar surface area (TPSA) is 95.7 Å². The summed E-state index contributed by atoms with van der Waals surface area (Å²) in [5, 5.41) is 4.06. The minimum absolute atomic E-state index is 0.0937. The summed E-state index contributed by atoms with van der Waals surface area (Å²) in [5.41, 5.74) is 1.15. The van der Waals surface area contributed by atoms with E-state index in [1.54, 1.807) is 12.3 Å². The molecule has 0 bridgehead atoms. The molecule has 0 spiro atoms. The third-order valence-electron chi connectivity index (χ3n) is 3.10. The van der Waals surface area contributed by atoms with Crippen molar-refractivity contribution in [3.8, 4) is 5.75 Å². The number of aryl methyl sites for hydroxylation is 1. The van der Waals surface area contributed by atoms with E-state index in [9.17, 15) is 9.59 Å². The van der Waals surface area contributed by atoms with Crippen LogP contribution in [0.4, 0.5) is 0 Å². The molecule has 3 rings (SSSR count). The maximum absolute atomic E-state index is 12.1. The number of hydrogen-bond donors (Lipinski definition) is 0. The summed E-state index contributed by atoms with van der Waals surface area (Å²) in [6.45, 7) is 1.82. The Morgan fingerprint density at radius 1 is 1.09 bits per heavy atom. The molecule has 2 heterocycles. The van der Waals surface area contributed by atoms with E-state index < -0.39 is 11.9 Å². The smallest absolute Gasteiger partial charge is 0.383 e. The van der Waals surface area contributed by atoms with Gasteiger partial charge in [0.25, 0.3) is 11.6 Å². The second kappa shape index (κ2) is 5.84. The third-order valence-corrected chi connectivity index (χ3v) is 3.10. The van der Waals surface area contributed by atoms with Crippen molar-refractivity contribution in [1.82, 2.24) is 19.6 Å². The molecule has 0 radical (unpaired) electrons. The van der Waals surface area contributed by atoms with Crippen LogP contribution in [0.25, 0.3) is 5.78 Å². The molecule has 0 aliphatic rings. The quantitative estimate of drug-likeness (QED) is 0.533. The van der Waals surface area contributed by atoms with Crippen molar-refractivity contribution >= 4 is 17.7 Å². The van der Waals surface area contributed by atoms with Crippen LogP contribution < -0.4 is 4.74 Å². The zero-order valence-electron chi connectivity index (χ0n) is 12.4. The summed E-state index contributed by atoms with van der Waals surface area (Å²) >= 11 is 0. The van der Waals surface area contributed by atoms with Gasteiger partial charge in [-0.15, -0.1) is 5.10 Å². The van der Waals surface area contributed by atoms with Crippen LogP contribution in [0.2, 0.25) is 0 Å². The Morgan fingerprint density at radius 2 is 1.83 bits per heavy atom. The number of ether oxygens (including phenoxy) is 2. The van der Waals surface area contributed by atoms with Gasteiger partial charge in [0.2, 0.25) is 0 Å². The highest BCUT2D eigenvalue weighted by molar-refractivity contribution is 5.90. The van der Waals surface area contributed by atoms with Crippen LogP contribution in [0.15, 0.2) is 36.5 Å². The molecule has 0 atom stereocenters. The Morgan fingerprint density at radius 3 is 2.48 bits per heavy atom. The summed E-state index contributed by atoms with van der Waals surface area (Å²) in [5.74, 6) is -0.680. The molecule has 2 aromatic heterocycles. The summed E-state index contributed by atoms with van der Waals surface area (Å²) in [7, 11) is 1.29. The number of aromatic nitrogens is 4. The van der Waals surface area contributed by atoms with Crippen LogP contribution in [0.5, 0.6) is 5.75 Å². The molecule has 0 unspecified atom stereocenters. The molecular formula is C15H12N4O4. The average Bonchev–Trinajstić information content (AvgIpc) is 3.00. The fraction of sp³-hybridized carbons (Fsp3) is 0.133. The average molecular weight is 312 g/mol. The zero-order valence-corrected chi connectivity index (χ0v) is 12.4. The molecule has 0 aliphatic heterocycles. The minimum atomic E-state index is -0.708.